The number of Topliss-reactive ketones (excluding diaryl/α,β-unsaturated/α-hetero) is 1. The summed E-state index contributed by atoms with van der Waals surface area (Å²) in [6.07, 6.45) is 6.18. The number of fused-ring (bicyclic) bond motifs is 1. The monoisotopic (exact) mass is 305 g/mol. The number of benzene rings is 2. The smallest absolute Gasteiger partial charge is 0.133 e. The Morgan fingerprint density at radius 2 is 1.65 bits per heavy atom. The summed E-state index contributed by atoms with van der Waals surface area (Å²) in [7, 11) is 0. The molecule has 3 heteroatoms. The molecule has 0 radical (unpaired) electrons. The number of ketones is 1. The van der Waals surface area contributed by atoms with Crippen molar-refractivity contribution in [2.24, 2.45) is 0 Å². The lowest BCUT2D eigenvalue weighted by atomic mass is 10.0. The van der Waals surface area contributed by atoms with Crippen LogP contribution in [0, 0.1) is 0 Å². The number of hydrogen-bond donors (Lipinski definition) is 1. The molecule has 0 saturated heterocycles. The Labute approximate surface area is 135 Å². The average molecular weight is 305 g/mol. The Bertz CT molecular complexity index is 812. The molecule has 0 bridgehead atoms. The predicted octanol–water partition coefficient (Wildman–Crippen LogP) is 4.07. The Morgan fingerprint density at radius 1 is 0.913 bits per heavy atom. The highest BCUT2D eigenvalue weighted by Gasteiger charge is 2.05. The topological polar surface area (TPSA) is 50.2 Å². The Balaban J connectivity index is 1.55. The summed E-state index contributed by atoms with van der Waals surface area (Å²) in [6.45, 7) is 0. The van der Waals surface area contributed by atoms with E-state index in [1.54, 1.807) is 18.3 Å². The van der Waals surface area contributed by atoms with E-state index in [1.165, 1.54) is 0 Å². The number of carbonyl (C=O) groups excluding carboxylic acids is 1. The molecule has 0 unspecified atom stereocenters. The molecule has 3 nitrogen and oxygen atoms in total. The Morgan fingerprint density at radius 3 is 2.43 bits per heavy atom. The third-order valence-corrected chi connectivity index (χ3v) is 4.00. The minimum absolute atomic E-state index is 0.274. The molecule has 1 N–H and O–H groups in total. The largest absolute Gasteiger partial charge is 0.508 e. The molecule has 0 aliphatic heterocycles. The first-order chi connectivity index (χ1) is 11.2. The number of pyridine rings is 1. The van der Waals surface area contributed by atoms with Gasteiger partial charge in [0.1, 0.15) is 11.5 Å². The van der Waals surface area contributed by atoms with Crippen LogP contribution in [0.1, 0.15) is 24.0 Å². The van der Waals surface area contributed by atoms with Gasteiger partial charge in [-0.05, 0) is 52.9 Å². The molecule has 23 heavy (non-hydrogen) atoms. The number of nitrogens with zero attached hydrogens (tertiary/aromatic N) is 1. The van der Waals surface area contributed by atoms with Crippen molar-refractivity contribution in [1.29, 1.82) is 0 Å². The van der Waals surface area contributed by atoms with Crippen LogP contribution in [-0.2, 0) is 17.6 Å². The molecule has 2 aromatic carbocycles. The fraction of sp³-hybridized carbons (Fsp3) is 0.200. The van der Waals surface area contributed by atoms with Crippen molar-refractivity contribution in [1.82, 2.24) is 4.98 Å². The first kappa shape index (κ1) is 15.2. The van der Waals surface area contributed by atoms with Crippen LogP contribution in [0.25, 0.3) is 10.8 Å². The van der Waals surface area contributed by atoms with E-state index < -0.39 is 0 Å². The van der Waals surface area contributed by atoms with Crippen LogP contribution in [0.2, 0.25) is 0 Å². The molecule has 0 aliphatic carbocycles. The summed E-state index contributed by atoms with van der Waals surface area (Å²) in [5.74, 6) is 0.551. The zero-order valence-corrected chi connectivity index (χ0v) is 12.9. The van der Waals surface area contributed by atoms with Gasteiger partial charge in [0.25, 0.3) is 0 Å². The third kappa shape index (κ3) is 4.16. The standard InChI is InChI=1S/C20H19NO2/c22-19(9-5-16-2-1-11-21-14-16)8-4-15-3-6-18-13-20(23)10-7-17(18)12-15/h1-3,6-7,10-14,23H,4-5,8-9H2. The molecule has 0 spiro atoms. The number of rotatable bonds is 6. The maximum atomic E-state index is 12.0. The van der Waals surface area contributed by atoms with Crippen molar-refractivity contribution >= 4 is 16.6 Å². The SMILES string of the molecule is O=C(CCc1cccnc1)CCc1ccc2cc(O)ccc2c1. The second kappa shape index (κ2) is 7.05. The second-order valence-corrected chi connectivity index (χ2v) is 5.77. The molecular weight excluding hydrogens is 286 g/mol. The van der Waals surface area contributed by atoms with Gasteiger partial charge in [-0.15, -0.1) is 0 Å². The van der Waals surface area contributed by atoms with Gasteiger partial charge >= 0.3 is 0 Å². The van der Waals surface area contributed by atoms with E-state index >= 15 is 0 Å². The highest BCUT2D eigenvalue weighted by Crippen LogP contribution is 2.21. The highest BCUT2D eigenvalue weighted by molar-refractivity contribution is 5.84. The highest BCUT2D eigenvalue weighted by atomic mass is 16.3. The minimum Gasteiger partial charge on any atom is -0.508 e. The van der Waals surface area contributed by atoms with Crippen LogP contribution < -0.4 is 0 Å². The molecule has 116 valence electrons. The van der Waals surface area contributed by atoms with E-state index in [9.17, 15) is 9.90 Å². The van der Waals surface area contributed by atoms with Gasteiger partial charge in [0.05, 0.1) is 0 Å². The number of phenols is 1. The lowest BCUT2D eigenvalue weighted by molar-refractivity contribution is -0.119. The van der Waals surface area contributed by atoms with Gasteiger partial charge in [-0.2, -0.15) is 0 Å². The van der Waals surface area contributed by atoms with Gasteiger partial charge in [-0.25, -0.2) is 0 Å². The third-order valence-electron chi connectivity index (χ3n) is 4.00. The molecule has 0 atom stereocenters. The van der Waals surface area contributed by atoms with E-state index in [0.717, 1.165) is 34.7 Å². The van der Waals surface area contributed by atoms with Gasteiger partial charge in [0.2, 0.25) is 0 Å². The maximum absolute atomic E-state index is 12.0. The number of aryl methyl sites for hydroxylation is 2. The van der Waals surface area contributed by atoms with E-state index in [-0.39, 0.29) is 11.5 Å². The fourth-order valence-corrected chi connectivity index (χ4v) is 2.68. The molecule has 3 aromatic rings. The molecule has 0 amide bonds. The van der Waals surface area contributed by atoms with Gasteiger partial charge in [0.15, 0.2) is 0 Å². The summed E-state index contributed by atoms with van der Waals surface area (Å²) in [5, 5.41) is 11.6. The molecule has 1 heterocycles. The first-order valence-corrected chi connectivity index (χ1v) is 7.83. The molecule has 1 aromatic heterocycles. The van der Waals surface area contributed by atoms with Crippen LogP contribution >= 0.6 is 0 Å². The summed E-state index contributed by atoms with van der Waals surface area (Å²) in [5.41, 5.74) is 2.25. The number of hydrogen-bond acceptors (Lipinski definition) is 3. The van der Waals surface area contributed by atoms with Gasteiger partial charge in [0, 0.05) is 25.2 Å². The minimum atomic E-state index is 0.274. The van der Waals surface area contributed by atoms with Crippen molar-refractivity contribution in [2.45, 2.75) is 25.7 Å². The van der Waals surface area contributed by atoms with E-state index in [1.807, 2.05) is 36.5 Å². The Hall–Kier alpha value is -2.68. The molecule has 0 aliphatic rings. The summed E-state index contributed by atoms with van der Waals surface area (Å²) in [6, 6.07) is 15.3. The van der Waals surface area contributed by atoms with Crippen LogP contribution in [0.4, 0.5) is 0 Å². The van der Waals surface area contributed by atoms with Crippen LogP contribution in [0.3, 0.4) is 0 Å². The van der Waals surface area contributed by atoms with E-state index in [2.05, 4.69) is 11.1 Å². The normalized spacial score (nSPS) is 10.8. The van der Waals surface area contributed by atoms with Crippen LogP contribution in [0.15, 0.2) is 60.9 Å². The molecule has 0 fully saturated rings. The number of carbonyl (C=O) groups is 1. The first-order valence-electron chi connectivity index (χ1n) is 7.83. The zero-order chi connectivity index (χ0) is 16.1. The fourth-order valence-electron chi connectivity index (χ4n) is 2.68. The summed E-state index contributed by atoms with van der Waals surface area (Å²) in [4.78, 5) is 16.1. The summed E-state index contributed by atoms with van der Waals surface area (Å²) < 4.78 is 0. The molecule has 0 saturated carbocycles. The van der Waals surface area contributed by atoms with Gasteiger partial charge < -0.3 is 5.11 Å². The molecular formula is C20H19NO2. The van der Waals surface area contributed by atoms with Gasteiger partial charge in [-0.3, -0.25) is 9.78 Å². The number of phenolic OH excluding ortho intramolecular Hbond substituents is 1. The predicted molar refractivity (Wildman–Crippen MR) is 91.5 cm³/mol. The number of aromatic nitrogens is 1. The van der Waals surface area contributed by atoms with Crippen molar-refractivity contribution in [3.8, 4) is 5.75 Å². The summed E-state index contributed by atoms with van der Waals surface area (Å²) >= 11 is 0. The van der Waals surface area contributed by atoms with Crippen molar-refractivity contribution < 1.29 is 9.90 Å². The lowest BCUT2D eigenvalue weighted by Crippen LogP contribution is -2.02. The van der Waals surface area contributed by atoms with Crippen molar-refractivity contribution in [2.75, 3.05) is 0 Å². The lowest BCUT2D eigenvalue weighted by Gasteiger charge is -2.05. The maximum Gasteiger partial charge on any atom is 0.133 e. The van der Waals surface area contributed by atoms with E-state index in [0.29, 0.717) is 12.8 Å². The zero-order valence-electron chi connectivity index (χ0n) is 12.9. The van der Waals surface area contributed by atoms with Crippen LogP contribution in [-0.4, -0.2) is 15.9 Å². The Kier molecular flexibility index (Phi) is 4.67. The van der Waals surface area contributed by atoms with E-state index in [4.69, 9.17) is 0 Å². The number of aromatic hydroxyl groups is 1. The van der Waals surface area contributed by atoms with Crippen molar-refractivity contribution in [3.05, 3.63) is 72.1 Å². The van der Waals surface area contributed by atoms with Gasteiger partial charge in [-0.1, -0.05) is 30.3 Å². The second-order valence-electron chi connectivity index (χ2n) is 5.77. The average Bonchev–Trinajstić information content (AvgIpc) is 2.59. The molecule has 3 rings (SSSR count). The van der Waals surface area contributed by atoms with Crippen molar-refractivity contribution in [3.63, 3.8) is 0 Å². The van der Waals surface area contributed by atoms with Crippen LogP contribution in [0.5, 0.6) is 5.75 Å². The quantitative estimate of drug-likeness (QED) is 0.746.